The zero-order valence-electron chi connectivity index (χ0n) is 6.31. The number of hydrogen-bond donors (Lipinski definition) is 2. The summed E-state index contributed by atoms with van der Waals surface area (Å²) in [6, 6.07) is -0.746. The van der Waals surface area contributed by atoms with Gasteiger partial charge in [0.1, 0.15) is 7.85 Å². The Hall–Kier alpha value is -0.0151. The quantitative estimate of drug-likeness (QED) is 0.506. The Bertz CT molecular complexity index is 77.6. The molecule has 2 nitrogen and oxygen atoms in total. The van der Waals surface area contributed by atoms with Crippen molar-refractivity contribution in [2.24, 2.45) is 0 Å². The fraction of sp³-hybridized carbons (Fsp3) is 1.00. The summed E-state index contributed by atoms with van der Waals surface area (Å²) < 4.78 is 0. The van der Waals surface area contributed by atoms with Crippen LogP contribution < -0.4 is 5.32 Å². The largest absolute Gasteiger partial charge is 0.402 e. The van der Waals surface area contributed by atoms with Crippen molar-refractivity contribution in [3.8, 4) is 0 Å². The zero-order chi connectivity index (χ0) is 7.49. The molecule has 9 heavy (non-hydrogen) atoms. The van der Waals surface area contributed by atoms with Crippen molar-refractivity contribution < 1.29 is 5.11 Å². The maximum Gasteiger partial charge on any atom is 0.110 e. The first kappa shape index (κ1) is 8.98. The van der Waals surface area contributed by atoms with Gasteiger partial charge in [-0.2, -0.15) is 0 Å². The lowest BCUT2D eigenvalue weighted by Gasteiger charge is -2.21. The molecule has 1 atom stereocenters. The molecule has 0 aliphatic heterocycles. The fourth-order valence-electron chi connectivity index (χ4n) is 0.411. The van der Waals surface area contributed by atoms with Gasteiger partial charge in [0.2, 0.25) is 0 Å². The Kier molecular flexibility index (Phi) is 3.22. The van der Waals surface area contributed by atoms with Gasteiger partial charge in [-0.3, -0.25) is 0 Å². The molecule has 0 fully saturated rings. The highest BCUT2D eigenvalue weighted by Crippen LogP contribution is 1.96. The third kappa shape index (κ3) is 7.98. The van der Waals surface area contributed by atoms with E-state index in [9.17, 15) is 0 Å². The molecular formula is C6H14BNO. The van der Waals surface area contributed by atoms with Crippen molar-refractivity contribution in [3.63, 3.8) is 0 Å². The van der Waals surface area contributed by atoms with Crippen LogP contribution in [-0.2, 0) is 0 Å². The van der Waals surface area contributed by atoms with Crippen LogP contribution in [0.2, 0.25) is 0 Å². The maximum atomic E-state index is 8.63. The third-order valence-corrected chi connectivity index (χ3v) is 0.842. The van der Waals surface area contributed by atoms with Crippen LogP contribution in [0.4, 0.5) is 0 Å². The molecule has 0 saturated heterocycles. The van der Waals surface area contributed by atoms with Crippen LogP contribution in [0.3, 0.4) is 0 Å². The van der Waals surface area contributed by atoms with E-state index >= 15 is 0 Å². The van der Waals surface area contributed by atoms with Gasteiger partial charge in [0.25, 0.3) is 0 Å². The van der Waals surface area contributed by atoms with Crippen LogP contribution in [0.15, 0.2) is 0 Å². The van der Waals surface area contributed by atoms with Crippen LogP contribution in [0.1, 0.15) is 20.8 Å². The smallest absolute Gasteiger partial charge is 0.110 e. The van der Waals surface area contributed by atoms with E-state index in [-0.39, 0.29) is 5.54 Å². The summed E-state index contributed by atoms with van der Waals surface area (Å²) in [7, 11) is 5.09. The lowest BCUT2D eigenvalue weighted by atomic mass is 9.99. The monoisotopic (exact) mass is 127 g/mol. The van der Waals surface area contributed by atoms with E-state index in [0.717, 1.165) is 0 Å². The number of aliphatic hydroxyl groups excluding tert-OH is 1. The maximum absolute atomic E-state index is 8.63. The van der Waals surface area contributed by atoms with Crippen molar-refractivity contribution in [1.82, 2.24) is 5.32 Å². The van der Waals surface area contributed by atoms with E-state index in [0.29, 0.717) is 6.54 Å². The second kappa shape index (κ2) is 3.23. The van der Waals surface area contributed by atoms with Gasteiger partial charge in [-0.05, 0) is 20.8 Å². The molecule has 0 heterocycles. The molecule has 1 unspecified atom stereocenters. The minimum absolute atomic E-state index is 0.0420. The van der Waals surface area contributed by atoms with Gasteiger partial charge in [0.05, 0.1) is 0 Å². The molecule has 2 radical (unpaired) electrons. The molecule has 2 N–H and O–H groups in total. The summed E-state index contributed by atoms with van der Waals surface area (Å²) in [6.07, 6.45) is 0. The van der Waals surface area contributed by atoms with Crippen LogP contribution in [0.5, 0.6) is 0 Å². The topological polar surface area (TPSA) is 32.3 Å². The average Bonchev–Trinajstić information content (AvgIpc) is 1.59. The predicted octanol–water partition coefficient (Wildman–Crippen LogP) is -0.139. The molecule has 0 saturated carbocycles. The first-order chi connectivity index (χ1) is 3.92. The normalized spacial score (nSPS) is 15.6. The molecule has 0 aromatic carbocycles. The number of hydrogen-bond acceptors (Lipinski definition) is 2. The highest BCUT2D eigenvalue weighted by Gasteiger charge is 2.08. The van der Waals surface area contributed by atoms with Crippen molar-refractivity contribution in [2.75, 3.05) is 6.54 Å². The van der Waals surface area contributed by atoms with Gasteiger partial charge in [0.15, 0.2) is 0 Å². The Labute approximate surface area is 58.1 Å². The van der Waals surface area contributed by atoms with E-state index in [2.05, 4.69) is 5.32 Å². The van der Waals surface area contributed by atoms with Crippen molar-refractivity contribution >= 4 is 7.85 Å². The van der Waals surface area contributed by atoms with E-state index in [1.807, 2.05) is 20.8 Å². The lowest BCUT2D eigenvalue weighted by Crippen LogP contribution is -2.40. The van der Waals surface area contributed by atoms with Crippen molar-refractivity contribution in [1.29, 1.82) is 0 Å². The van der Waals surface area contributed by atoms with Gasteiger partial charge in [-0.25, -0.2) is 0 Å². The molecule has 0 aromatic heterocycles. The molecule has 0 spiro atoms. The second-order valence-electron chi connectivity index (χ2n) is 3.20. The van der Waals surface area contributed by atoms with Crippen molar-refractivity contribution in [3.05, 3.63) is 0 Å². The molecular weight excluding hydrogens is 113 g/mol. The SMILES string of the molecule is [B]C(O)CNC(C)(C)C. The van der Waals surface area contributed by atoms with E-state index in [1.54, 1.807) is 0 Å². The van der Waals surface area contributed by atoms with E-state index < -0.39 is 6.00 Å². The van der Waals surface area contributed by atoms with Gasteiger partial charge in [-0.1, -0.05) is 0 Å². The molecule has 0 aromatic rings. The molecule has 0 aliphatic carbocycles. The predicted molar refractivity (Wildman–Crippen MR) is 39.5 cm³/mol. The van der Waals surface area contributed by atoms with Crippen LogP contribution >= 0.6 is 0 Å². The standard InChI is InChI=1S/C6H14BNO/c1-6(2,3)8-4-5(7)9/h5,8-9H,4H2,1-3H3. The summed E-state index contributed by atoms with van der Waals surface area (Å²) in [6.45, 7) is 6.52. The second-order valence-corrected chi connectivity index (χ2v) is 3.20. The Balaban J connectivity index is 3.28. The molecule has 3 heteroatoms. The first-order valence-electron chi connectivity index (χ1n) is 3.10. The highest BCUT2D eigenvalue weighted by atomic mass is 16.3. The summed E-state index contributed by atoms with van der Waals surface area (Å²) in [4.78, 5) is 0. The minimum atomic E-state index is -0.746. The fourth-order valence-corrected chi connectivity index (χ4v) is 0.411. The van der Waals surface area contributed by atoms with Gasteiger partial charge in [0, 0.05) is 18.1 Å². The van der Waals surface area contributed by atoms with E-state index in [1.165, 1.54) is 0 Å². The number of aliphatic hydroxyl groups is 1. The number of β-amino-alcohol motifs (C(OH)–C–C–N with tert-alkyl or cyclic N) is 1. The van der Waals surface area contributed by atoms with Gasteiger partial charge < -0.3 is 10.4 Å². The molecule has 0 aliphatic rings. The summed E-state index contributed by atoms with van der Waals surface area (Å²) in [5, 5.41) is 11.7. The Morgan fingerprint density at radius 3 is 2.11 bits per heavy atom. The van der Waals surface area contributed by atoms with Gasteiger partial charge in [-0.15, -0.1) is 0 Å². The third-order valence-electron chi connectivity index (χ3n) is 0.842. The minimum Gasteiger partial charge on any atom is -0.402 e. The van der Waals surface area contributed by atoms with Crippen LogP contribution in [0.25, 0.3) is 0 Å². The van der Waals surface area contributed by atoms with Crippen LogP contribution in [-0.4, -0.2) is 31.0 Å². The van der Waals surface area contributed by atoms with E-state index in [4.69, 9.17) is 13.0 Å². The van der Waals surface area contributed by atoms with Gasteiger partial charge >= 0.3 is 0 Å². The average molecular weight is 127 g/mol. The first-order valence-corrected chi connectivity index (χ1v) is 3.10. The highest BCUT2D eigenvalue weighted by molar-refractivity contribution is 6.10. The molecule has 52 valence electrons. The molecule has 0 bridgehead atoms. The Morgan fingerprint density at radius 1 is 1.56 bits per heavy atom. The lowest BCUT2D eigenvalue weighted by molar-refractivity contribution is 0.234. The van der Waals surface area contributed by atoms with Crippen LogP contribution in [0, 0.1) is 0 Å². The summed E-state index contributed by atoms with van der Waals surface area (Å²) >= 11 is 0. The molecule has 0 rings (SSSR count). The number of rotatable bonds is 2. The molecule has 0 amide bonds. The summed E-state index contributed by atoms with van der Waals surface area (Å²) in [5.41, 5.74) is 0.0420. The Morgan fingerprint density at radius 2 is 2.00 bits per heavy atom. The number of nitrogens with one attached hydrogen (secondary N) is 1. The summed E-state index contributed by atoms with van der Waals surface area (Å²) in [5.74, 6) is 0. The zero-order valence-corrected chi connectivity index (χ0v) is 6.31. The van der Waals surface area contributed by atoms with Crippen molar-refractivity contribution in [2.45, 2.75) is 32.3 Å².